The molecule has 0 saturated carbocycles. The molecular weight excluding hydrogens is 342 g/mol. The average molecular weight is 362 g/mol. The van der Waals surface area contributed by atoms with Gasteiger partial charge < -0.3 is 9.47 Å². The van der Waals surface area contributed by atoms with Crippen LogP contribution in [-0.4, -0.2) is 27.4 Å². The van der Waals surface area contributed by atoms with Crippen LogP contribution in [-0.2, 0) is 21.8 Å². The Morgan fingerprint density at radius 3 is 1.40 bits per heavy atom. The Bertz CT molecular complexity index is 236. The van der Waals surface area contributed by atoms with Crippen LogP contribution in [0.2, 0.25) is 0 Å². The SMILES string of the molecule is CC(C)(C)[C]#[Mo]([Cl])([Cl])[Cl].COCCOC. The molecule has 0 aliphatic carbocycles. The minimum absolute atomic E-state index is 0.0770. The second kappa shape index (κ2) is 9.31. The van der Waals surface area contributed by atoms with E-state index in [1.165, 1.54) is 0 Å². The van der Waals surface area contributed by atoms with Gasteiger partial charge in [0, 0.05) is 14.2 Å². The van der Waals surface area contributed by atoms with Gasteiger partial charge in [0.25, 0.3) is 0 Å². The summed E-state index contributed by atoms with van der Waals surface area (Å²) < 4.78 is 12.3. The number of halogens is 3. The Hall–Kier alpha value is 1.26. The van der Waals surface area contributed by atoms with Crippen LogP contribution in [0.15, 0.2) is 0 Å². The predicted octanol–water partition coefficient (Wildman–Crippen LogP) is 3.89. The maximum Gasteiger partial charge on any atom is 0.0696 e. The molecule has 0 aromatic carbocycles. The second-order valence-electron chi connectivity index (χ2n) is 3.74. The van der Waals surface area contributed by atoms with Gasteiger partial charge in [-0.2, -0.15) is 0 Å². The number of hydrogen-bond acceptors (Lipinski definition) is 2. The van der Waals surface area contributed by atoms with Crippen LogP contribution < -0.4 is 0 Å². The van der Waals surface area contributed by atoms with E-state index in [1.54, 1.807) is 14.2 Å². The molecule has 0 radical (unpaired) electrons. The standard InChI is InChI=1S/C5H9.C4H10O2.3ClH.Mo/c1-5(2,3)4;1-5-3-4-6-2;;;;/h1-3H3;3-4H2,1-2H3;3*1H;/q;;;;;+3/p-3. The van der Waals surface area contributed by atoms with E-state index < -0.39 is 12.3 Å². The van der Waals surface area contributed by atoms with E-state index in [4.69, 9.17) is 28.3 Å². The minimum Gasteiger partial charge on any atom is -0.382 e. The van der Waals surface area contributed by atoms with Gasteiger partial charge in [0.1, 0.15) is 0 Å². The fourth-order valence-corrected chi connectivity index (χ4v) is 6.33. The van der Waals surface area contributed by atoms with Crippen molar-refractivity contribution in [3.8, 4) is 4.20 Å². The summed E-state index contributed by atoms with van der Waals surface area (Å²) >= 11 is -3.10. The average Bonchev–Trinajstić information content (AvgIpc) is 1.94. The van der Waals surface area contributed by atoms with Gasteiger partial charge in [-0.3, -0.25) is 0 Å². The molecule has 0 bridgehead atoms. The fraction of sp³-hybridized carbons (Fsp3) is 0.889. The third-order valence-electron chi connectivity index (χ3n) is 0.913. The van der Waals surface area contributed by atoms with E-state index in [-0.39, 0.29) is 5.41 Å². The molecule has 15 heavy (non-hydrogen) atoms. The summed E-state index contributed by atoms with van der Waals surface area (Å²) in [5, 5.41) is 0. The van der Waals surface area contributed by atoms with Gasteiger partial charge in [-0.25, -0.2) is 0 Å². The van der Waals surface area contributed by atoms with Crippen molar-refractivity contribution in [2.24, 2.45) is 5.41 Å². The van der Waals surface area contributed by atoms with E-state index >= 15 is 0 Å². The van der Waals surface area contributed by atoms with Crippen molar-refractivity contribution in [2.75, 3.05) is 27.4 Å². The molecule has 0 saturated heterocycles. The van der Waals surface area contributed by atoms with Crippen molar-refractivity contribution in [1.82, 2.24) is 0 Å². The van der Waals surface area contributed by atoms with Crippen molar-refractivity contribution in [1.29, 1.82) is 0 Å². The number of hydrogen-bond donors (Lipinski definition) is 0. The van der Waals surface area contributed by atoms with Crippen LogP contribution >= 0.6 is 28.3 Å². The van der Waals surface area contributed by atoms with Gasteiger partial charge in [-0.1, -0.05) is 0 Å². The molecule has 0 rings (SSSR count). The summed E-state index contributed by atoms with van der Waals surface area (Å²) in [6.07, 6.45) is 0. The number of methoxy groups -OCH3 is 2. The largest absolute Gasteiger partial charge is 0.382 e. The van der Waals surface area contributed by atoms with Gasteiger partial charge in [0.05, 0.1) is 13.2 Å². The normalized spacial score (nSPS) is 11.5. The summed E-state index contributed by atoms with van der Waals surface area (Å²) in [6, 6.07) is 0. The summed E-state index contributed by atoms with van der Waals surface area (Å²) in [4.78, 5) is 0. The zero-order chi connectivity index (χ0) is 12.5. The first-order chi connectivity index (χ1) is 6.62. The molecule has 0 aromatic rings. The molecule has 0 amide bonds. The molecule has 2 nitrogen and oxygen atoms in total. The molecule has 94 valence electrons. The minimum atomic E-state index is -3.10. The number of rotatable bonds is 3. The Labute approximate surface area is 107 Å². The van der Waals surface area contributed by atoms with E-state index in [0.717, 1.165) is 0 Å². The van der Waals surface area contributed by atoms with E-state index in [1.807, 2.05) is 20.8 Å². The first kappa shape index (κ1) is 18.6. The van der Waals surface area contributed by atoms with Crippen molar-refractivity contribution < 1.29 is 21.8 Å². The van der Waals surface area contributed by atoms with Crippen LogP contribution in [0.5, 0.6) is 0 Å². The molecule has 0 aromatic heterocycles. The monoisotopic (exact) mass is 362 g/mol. The Morgan fingerprint density at radius 2 is 1.33 bits per heavy atom. The van der Waals surface area contributed by atoms with E-state index in [9.17, 15) is 0 Å². The molecule has 0 N–H and O–H groups in total. The van der Waals surface area contributed by atoms with Crippen LogP contribution in [0.25, 0.3) is 0 Å². The quantitative estimate of drug-likeness (QED) is 0.561. The zero-order valence-corrected chi connectivity index (χ0v) is 14.0. The van der Waals surface area contributed by atoms with Gasteiger partial charge in [0.2, 0.25) is 0 Å². The van der Waals surface area contributed by atoms with Gasteiger partial charge >= 0.3 is 70.9 Å². The molecule has 0 spiro atoms. The predicted molar refractivity (Wildman–Crippen MR) is 64.7 cm³/mol. The van der Waals surface area contributed by atoms with Crippen molar-refractivity contribution >= 4 is 28.3 Å². The van der Waals surface area contributed by atoms with Crippen LogP contribution in [0.1, 0.15) is 20.8 Å². The first-order valence-corrected chi connectivity index (χ1v) is 13.1. The summed E-state index contributed by atoms with van der Waals surface area (Å²) in [7, 11) is 20.2. The van der Waals surface area contributed by atoms with Crippen molar-refractivity contribution in [2.45, 2.75) is 20.8 Å². The molecular formula is C9H19Cl3MoO2. The Kier molecular flexibility index (Phi) is 11.6. The van der Waals surface area contributed by atoms with Crippen LogP contribution in [0, 0.1) is 9.62 Å². The van der Waals surface area contributed by atoms with Crippen LogP contribution in [0.4, 0.5) is 0 Å². The van der Waals surface area contributed by atoms with E-state index in [2.05, 4.69) is 13.7 Å². The summed E-state index contributed by atoms with van der Waals surface area (Å²) in [6.45, 7) is 7.30. The second-order valence-corrected chi connectivity index (χ2v) is 17.3. The third kappa shape index (κ3) is 25.5. The Balaban J connectivity index is 0. The fourth-order valence-electron chi connectivity index (χ4n) is 0.514. The smallest absolute Gasteiger partial charge is 0.0696 e. The van der Waals surface area contributed by atoms with Gasteiger partial charge in [-0.05, 0) is 0 Å². The van der Waals surface area contributed by atoms with Gasteiger partial charge in [-0.15, -0.1) is 0 Å². The molecule has 0 atom stereocenters. The third-order valence-corrected chi connectivity index (χ3v) is 4.36. The Morgan fingerprint density at radius 1 is 1.00 bits per heavy atom. The first-order valence-electron chi connectivity index (χ1n) is 4.31. The van der Waals surface area contributed by atoms with Gasteiger partial charge in [0.15, 0.2) is 0 Å². The zero-order valence-electron chi connectivity index (χ0n) is 9.77. The van der Waals surface area contributed by atoms with Crippen molar-refractivity contribution in [3.63, 3.8) is 0 Å². The summed E-state index contributed by atoms with van der Waals surface area (Å²) in [5.74, 6) is 0. The number of ether oxygens (including phenoxy) is 2. The molecule has 0 fully saturated rings. The maximum atomic E-state index is 5.63. The molecule has 6 heteroatoms. The topological polar surface area (TPSA) is 18.5 Å². The van der Waals surface area contributed by atoms with Crippen LogP contribution in [0.3, 0.4) is 0 Å². The molecule has 0 aliphatic rings. The van der Waals surface area contributed by atoms with E-state index in [0.29, 0.717) is 13.2 Å². The molecule has 0 aliphatic heterocycles. The summed E-state index contributed by atoms with van der Waals surface area (Å²) in [5.41, 5.74) is -0.0770. The maximum absolute atomic E-state index is 5.63. The van der Waals surface area contributed by atoms with Crippen molar-refractivity contribution in [3.05, 3.63) is 0 Å². The molecule has 0 unspecified atom stereocenters. The molecule has 0 heterocycles.